The summed E-state index contributed by atoms with van der Waals surface area (Å²) in [6.45, 7) is 0. The maximum absolute atomic E-state index is 13.6. The largest absolute Gasteiger partial charge is 0.412 e. The van der Waals surface area contributed by atoms with Gasteiger partial charge in [-0.15, -0.1) is 0 Å². The fourth-order valence-corrected chi connectivity index (χ4v) is 2.39. The molecule has 0 fully saturated rings. The second-order valence-corrected chi connectivity index (χ2v) is 5.50. The summed E-state index contributed by atoms with van der Waals surface area (Å²) in [5.74, 6) is -3.55. The van der Waals surface area contributed by atoms with Crippen LogP contribution in [0.25, 0.3) is 0 Å². The van der Waals surface area contributed by atoms with Gasteiger partial charge in [-0.2, -0.15) is 26.3 Å². The van der Waals surface area contributed by atoms with Crippen molar-refractivity contribution in [2.24, 2.45) is 5.41 Å². The first kappa shape index (κ1) is 19.7. The minimum atomic E-state index is -5.96. The van der Waals surface area contributed by atoms with Crippen LogP contribution in [0, 0.1) is 11.2 Å². The molecule has 2 nitrogen and oxygen atoms in total. The molecule has 0 unspecified atom stereocenters. The van der Waals surface area contributed by atoms with Crippen molar-refractivity contribution in [1.82, 2.24) is 0 Å². The Morgan fingerprint density at radius 1 is 0.808 bits per heavy atom. The first-order valence-corrected chi connectivity index (χ1v) is 7.22. The van der Waals surface area contributed by atoms with Crippen LogP contribution in [-0.4, -0.2) is 18.3 Å². The monoisotopic (exact) mass is 379 g/mol. The van der Waals surface area contributed by atoms with Crippen LogP contribution in [0.15, 0.2) is 54.6 Å². The predicted octanol–water partition coefficient (Wildman–Crippen LogP) is 5.12. The van der Waals surface area contributed by atoms with E-state index in [2.05, 4.69) is 0 Å². The van der Waals surface area contributed by atoms with Crippen LogP contribution in [0.5, 0.6) is 0 Å². The van der Waals surface area contributed by atoms with E-state index in [4.69, 9.17) is 0 Å². The lowest BCUT2D eigenvalue weighted by Crippen LogP contribution is -2.59. The van der Waals surface area contributed by atoms with Crippen LogP contribution >= 0.6 is 0 Å². The Morgan fingerprint density at radius 3 is 1.81 bits per heavy atom. The molecule has 0 aliphatic rings. The number of benzene rings is 2. The smallest absolute Gasteiger partial charge is 0.322 e. The molecule has 0 bridgehead atoms. The van der Waals surface area contributed by atoms with Crippen molar-refractivity contribution >= 4 is 11.6 Å². The molecule has 1 N–H and O–H groups in total. The zero-order chi connectivity index (χ0) is 19.6. The first-order chi connectivity index (χ1) is 12.0. The molecule has 0 spiro atoms. The maximum atomic E-state index is 13.6. The van der Waals surface area contributed by atoms with Gasteiger partial charge in [0.1, 0.15) is 5.82 Å². The van der Waals surface area contributed by atoms with E-state index in [9.17, 15) is 35.5 Å². The van der Waals surface area contributed by atoms with Gasteiger partial charge >= 0.3 is 12.4 Å². The van der Waals surface area contributed by atoms with Gasteiger partial charge in [0.05, 0.1) is 5.69 Å². The summed E-state index contributed by atoms with van der Waals surface area (Å²) in [5.41, 5.74) is -5.85. The maximum Gasteiger partial charge on any atom is 0.412 e. The normalized spacial score (nSPS) is 12.7. The van der Waals surface area contributed by atoms with Gasteiger partial charge in [-0.1, -0.05) is 42.5 Å². The second-order valence-electron chi connectivity index (χ2n) is 5.50. The van der Waals surface area contributed by atoms with E-state index in [1.807, 2.05) is 0 Å². The van der Waals surface area contributed by atoms with Crippen molar-refractivity contribution < 1.29 is 35.5 Å². The Kier molecular flexibility index (Phi) is 5.29. The molecule has 0 aliphatic heterocycles. The number of halogens is 7. The van der Waals surface area contributed by atoms with Crippen molar-refractivity contribution in [2.45, 2.75) is 18.8 Å². The molecule has 0 saturated carbocycles. The minimum Gasteiger partial charge on any atom is -0.322 e. The molecule has 0 atom stereocenters. The molecule has 2 aromatic rings. The molecule has 140 valence electrons. The lowest BCUT2D eigenvalue weighted by Gasteiger charge is -2.36. The van der Waals surface area contributed by atoms with Gasteiger partial charge in [0.25, 0.3) is 0 Å². The topological polar surface area (TPSA) is 29.1 Å². The molecular weight excluding hydrogens is 367 g/mol. The lowest BCUT2D eigenvalue weighted by atomic mass is 9.78. The van der Waals surface area contributed by atoms with Crippen LogP contribution in [-0.2, 0) is 11.2 Å². The summed E-state index contributed by atoms with van der Waals surface area (Å²) in [6, 6.07) is 10.0. The number of carbonyl (C=O) groups is 1. The fourth-order valence-electron chi connectivity index (χ4n) is 2.39. The second kappa shape index (κ2) is 6.97. The molecule has 0 aromatic heterocycles. The summed E-state index contributed by atoms with van der Waals surface area (Å²) in [6.07, 6.45) is -13.6. The van der Waals surface area contributed by atoms with Crippen molar-refractivity contribution in [3.63, 3.8) is 0 Å². The first-order valence-electron chi connectivity index (χ1n) is 7.22. The van der Waals surface area contributed by atoms with Gasteiger partial charge in [-0.25, -0.2) is 4.39 Å². The summed E-state index contributed by atoms with van der Waals surface area (Å²) >= 11 is 0. The Hall–Kier alpha value is -2.58. The van der Waals surface area contributed by atoms with Crippen LogP contribution in [0.2, 0.25) is 0 Å². The predicted molar refractivity (Wildman–Crippen MR) is 79.7 cm³/mol. The average Bonchev–Trinajstić information content (AvgIpc) is 2.53. The Labute approximate surface area is 143 Å². The number of hydrogen-bond donors (Lipinski definition) is 1. The van der Waals surface area contributed by atoms with E-state index in [1.165, 1.54) is 35.6 Å². The van der Waals surface area contributed by atoms with Crippen molar-refractivity contribution in [1.29, 1.82) is 0 Å². The molecular formula is C17H12F7NO. The lowest BCUT2D eigenvalue weighted by molar-refractivity contribution is -0.323. The SMILES string of the molecule is O=C(Nc1ccccc1F)C(Cc1ccccc1)(C(F)(F)F)C(F)(F)F. The number of alkyl halides is 6. The molecule has 1 amide bonds. The zero-order valence-electron chi connectivity index (χ0n) is 13.0. The van der Waals surface area contributed by atoms with E-state index in [1.54, 1.807) is 0 Å². The highest BCUT2D eigenvalue weighted by molar-refractivity contribution is 5.97. The number of amides is 1. The van der Waals surface area contributed by atoms with Gasteiger partial charge in [-0.3, -0.25) is 4.79 Å². The number of anilines is 1. The van der Waals surface area contributed by atoms with E-state index in [0.717, 1.165) is 24.3 Å². The summed E-state index contributed by atoms with van der Waals surface area (Å²) in [4.78, 5) is 12.2. The Morgan fingerprint density at radius 2 is 1.31 bits per heavy atom. The van der Waals surface area contributed by atoms with Gasteiger partial charge in [0.15, 0.2) is 0 Å². The van der Waals surface area contributed by atoms with Gasteiger partial charge in [-0.05, 0) is 17.7 Å². The number of carbonyl (C=O) groups excluding carboxylic acids is 1. The molecule has 2 rings (SSSR count). The average molecular weight is 379 g/mol. The van der Waals surface area contributed by atoms with Crippen LogP contribution in [0.3, 0.4) is 0 Å². The quantitative estimate of drug-likeness (QED) is 0.735. The van der Waals surface area contributed by atoms with Gasteiger partial charge in [0.2, 0.25) is 11.3 Å². The summed E-state index contributed by atoms with van der Waals surface area (Å²) < 4.78 is 94.8. The van der Waals surface area contributed by atoms with E-state index < -0.39 is 41.6 Å². The number of rotatable bonds is 4. The third-order valence-electron chi connectivity index (χ3n) is 3.79. The van der Waals surface area contributed by atoms with Crippen molar-refractivity contribution in [2.75, 3.05) is 5.32 Å². The molecule has 0 radical (unpaired) electrons. The molecule has 2 aromatic carbocycles. The third kappa shape index (κ3) is 3.66. The highest BCUT2D eigenvalue weighted by atomic mass is 19.4. The fraction of sp³-hybridized carbons (Fsp3) is 0.235. The minimum absolute atomic E-state index is 0.342. The van der Waals surface area contributed by atoms with Crippen molar-refractivity contribution in [3.8, 4) is 0 Å². The van der Waals surface area contributed by atoms with Crippen LogP contribution in [0.4, 0.5) is 36.4 Å². The van der Waals surface area contributed by atoms with Crippen LogP contribution in [0.1, 0.15) is 5.56 Å². The summed E-state index contributed by atoms with van der Waals surface area (Å²) in [7, 11) is 0. The van der Waals surface area contributed by atoms with Gasteiger partial charge in [0, 0.05) is 6.42 Å². The Balaban J connectivity index is 2.55. The van der Waals surface area contributed by atoms with Gasteiger partial charge < -0.3 is 5.32 Å². The highest BCUT2D eigenvalue weighted by Gasteiger charge is 2.75. The molecule has 9 heteroatoms. The van der Waals surface area contributed by atoms with E-state index in [-0.39, 0.29) is 5.56 Å². The van der Waals surface area contributed by atoms with E-state index >= 15 is 0 Å². The molecule has 0 heterocycles. The highest BCUT2D eigenvalue weighted by Crippen LogP contribution is 2.53. The van der Waals surface area contributed by atoms with E-state index in [0.29, 0.717) is 0 Å². The molecule has 26 heavy (non-hydrogen) atoms. The number of nitrogens with one attached hydrogen (secondary N) is 1. The summed E-state index contributed by atoms with van der Waals surface area (Å²) in [5, 5.41) is 1.43. The zero-order valence-corrected chi connectivity index (χ0v) is 13.0. The standard InChI is InChI=1S/C17H12F7NO/c18-12-8-4-5-9-13(12)25-14(26)15(16(19,20)21,17(22,23)24)10-11-6-2-1-3-7-11/h1-9H,10H2,(H,25,26). The van der Waals surface area contributed by atoms with Crippen LogP contribution < -0.4 is 5.32 Å². The Bertz CT molecular complexity index is 755. The molecule has 0 aliphatic carbocycles. The van der Waals surface area contributed by atoms with Crippen molar-refractivity contribution in [3.05, 3.63) is 66.0 Å². The number of para-hydroxylation sites is 1. The molecule has 0 saturated heterocycles. The number of hydrogen-bond acceptors (Lipinski definition) is 1. The third-order valence-corrected chi connectivity index (χ3v) is 3.79.